The van der Waals surface area contributed by atoms with Crippen molar-refractivity contribution in [1.82, 2.24) is 4.90 Å². The lowest BCUT2D eigenvalue weighted by molar-refractivity contribution is -0.139. The molecular weight excluding hydrogens is 278 g/mol. The molecule has 0 N–H and O–H groups in total. The van der Waals surface area contributed by atoms with Crippen molar-refractivity contribution < 1.29 is 19.1 Å². The van der Waals surface area contributed by atoms with Crippen molar-refractivity contribution in [3.63, 3.8) is 0 Å². The van der Waals surface area contributed by atoms with E-state index in [1.54, 1.807) is 6.07 Å². The van der Waals surface area contributed by atoms with Crippen LogP contribution < -0.4 is 0 Å². The second-order valence-electron chi connectivity index (χ2n) is 4.37. The Morgan fingerprint density at radius 2 is 2.00 bits per heavy atom. The number of thioether (sulfide) groups is 1. The predicted octanol–water partition coefficient (Wildman–Crippen LogP) is 1.99. The van der Waals surface area contributed by atoms with Crippen LogP contribution in [0.3, 0.4) is 0 Å². The van der Waals surface area contributed by atoms with Gasteiger partial charge in [-0.25, -0.2) is 0 Å². The number of ether oxygens (including phenoxy) is 1. The summed E-state index contributed by atoms with van der Waals surface area (Å²) in [6.07, 6.45) is 0.506. The minimum atomic E-state index is -0.344. The molecule has 20 heavy (non-hydrogen) atoms. The number of esters is 1. The summed E-state index contributed by atoms with van der Waals surface area (Å²) in [5, 5.41) is -0.228. The van der Waals surface area contributed by atoms with Crippen LogP contribution in [-0.2, 0) is 27.3 Å². The Labute approximate surface area is 121 Å². The van der Waals surface area contributed by atoms with Crippen LogP contribution in [0.4, 0.5) is 4.79 Å². The molecule has 2 amide bonds. The van der Waals surface area contributed by atoms with Gasteiger partial charge >= 0.3 is 5.97 Å². The first-order valence-electron chi connectivity index (χ1n) is 6.22. The van der Waals surface area contributed by atoms with Gasteiger partial charge in [-0.15, -0.1) is 0 Å². The molecule has 0 spiro atoms. The largest absolute Gasteiger partial charge is 0.469 e. The molecule has 0 aromatic heterocycles. The number of carbonyl (C=O) groups excluding carboxylic acids is 3. The van der Waals surface area contributed by atoms with Crippen molar-refractivity contribution in [1.29, 1.82) is 0 Å². The number of rotatable bonds is 4. The maximum absolute atomic E-state index is 11.8. The first-order valence-corrected chi connectivity index (χ1v) is 7.21. The Hall–Kier alpha value is -1.82. The van der Waals surface area contributed by atoms with E-state index in [-0.39, 0.29) is 30.1 Å². The van der Waals surface area contributed by atoms with Crippen molar-refractivity contribution in [3.8, 4) is 0 Å². The molecule has 0 unspecified atom stereocenters. The van der Waals surface area contributed by atoms with Gasteiger partial charge in [-0.1, -0.05) is 36.0 Å². The van der Waals surface area contributed by atoms with Crippen LogP contribution in [0.2, 0.25) is 0 Å². The third kappa shape index (κ3) is 3.39. The van der Waals surface area contributed by atoms with Crippen LogP contribution in [0.15, 0.2) is 24.3 Å². The molecule has 0 saturated carbocycles. The van der Waals surface area contributed by atoms with Crippen LogP contribution in [-0.4, -0.2) is 34.9 Å². The molecule has 1 aromatic carbocycles. The van der Waals surface area contributed by atoms with Gasteiger partial charge < -0.3 is 4.74 Å². The molecule has 1 fully saturated rings. The smallest absolute Gasteiger partial charge is 0.309 e. The summed E-state index contributed by atoms with van der Waals surface area (Å²) < 4.78 is 4.65. The second kappa shape index (κ2) is 6.56. The molecule has 1 aromatic rings. The molecule has 1 saturated heterocycles. The highest BCUT2D eigenvalue weighted by molar-refractivity contribution is 8.13. The fourth-order valence-corrected chi connectivity index (χ4v) is 2.75. The van der Waals surface area contributed by atoms with Gasteiger partial charge in [0.25, 0.3) is 5.24 Å². The summed E-state index contributed by atoms with van der Waals surface area (Å²) in [6, 6.07) is 7.26. The van der Waals surface area contributed by atoms with Crippen LogP contribution in [0, 0.1) is 0 Å². The minimum Gasteiger partial charge on any atom is -0.469 e. The van der Waals surface area contributed by atoms with Crippen molar-refractivity contribution >= 4 is 28.9 Å². The Morgan fingerprint density at radius 1 is 1.30 bits per heavy atom. The van der Waals surface area contributed by atoms with E-state index in [9.17, 15) is 14.4 Å². The molecule has 0 radical (unpaired) electrons. The van der Waals surface area contributed by atoms with Crippen LogP contribution in [0.5, 0.6) is 0 Å². The van der Waals surface area contributed by atoms with Gasteiger partial charge in [-0.3, -0.25) is 19.3 Å². The zero-order valence-electron chi connectivity index (χ0n) is 11.1. The molecule has 5 nitrogen and oxygen atoms in total. The van der Waals surface area contributed by atoms with Gasteiger partial charge in [0, 0.05) is 12.2 Å². The number of amides is 2. The van der Waals surface area contributed by atoms with Gasteiger partial charge in [0.1, 0.15) is 0 Å². The number of hydrogen-bond acceptors (Lipinski definition) is 5. The summed E-state index contributed by atoms with van der Waals surface area (Å²) in [5.74, 6) is 0.0302. The average molecular weight is 293 g/mol. The second-order valence-corrected chi connectivity index (χ2v) is 5.41. The number of nitrogens with zero attached hydrogens (tertiary/aromatic N) is 1. The normalized spacial score (nSPS) is 15.3. The van der Waals surface area contributed by atoms with Crippen LogP contribution in [0.25, 0.3) is 0 Å². The van der Waals surface area contributed by atoms with E-state index in [0.29, 0.717) is 12.2 Å². The quantitative estimate of drug-likeness (QED) is 0.794. The predicted molar refractivity (Wildman–Crippen MR) is 75.2 cm³/mol. The third-order valence-corrected chi connectivity index (χ3v) is 3.95. The Balaban J connectivity index is 2.18. The van der Waals surface area contributed by atoms with Gasteiger partial charge in [-0.2, -0.15) is 0 Å². The van der Waals surface area contributed by atoms with Gasteiger partial charge in [0.2, 0.25) is 5.91 Å². The number of methoxy groups -OCH3 is 1. The van der Waals surface area contributed by atoms with Crippen molar-refractivity contribution in [2.45, 2.75) is 19.4 Å². The molecule has 1 aliphatic heterocycles. The lowest BCUT2D eigenvalue weighted by Gasteiger charge is -2.25. The van der Waals surface area contributed by atoms with E-state index in [2.05, 4.69) is 4.74 Å². The highest BCUT2D eigenvalue weighted by Gasteiger charge is 2.27. The molecule has 6 heteroatoms. The first-order chi connectivity index (χ1) is 9.61. The van der Waals surface area contributed by atoms with E-state index in [1.165, 1.54) is 12.0 Å². The SMILES string of the molecule is COC(=O)Cc1ccccc1CN1C(=O)CCSC1=O. The maximum atomic E-state index is 11.8. The summed E-state index contributed by atoms with van der Waals surface area (Å²) in [6.45, 7) is 0.206. The van der Waals surface area contributed by atoms with Crippen molar-refractivity contribution in [3.05, 3.63) is 35.4 Å². The molecule has 106 valence electrons. The maximum Gasteiger partial charge on any atom is 0.309 e. The Bertz CT molecular complexity index is 528. The molecule has 1 heterocycles. The monoisotopic (exact) mass is 293 g/mol. The summed E-state index contributed by atoms with van der Waals surface area (Å²) in [7, 11) is 1.33. The van der Waals surface area contributed by atoms with E-state index in [4.69, 9.17) is 0 Å². The number of benzene rings is 1. The van der Waals surface area contributed by atoms with Gasteiger partial charge in [-0.05, 0) is 11.1 Å². The zero-order valence-corrected chi connectivity index (χ0v) is 11.9. The molecule has 2 rings (SSSR count). The lowest BCUT2D eigenvalue weighted by Crippen LogP contribution is -2.37. The molecular formula is C14H15NO4S. The molecule has 0 bridgehead atoms. The molecule has 0 atom stereocenters. The average Bonchev–Trinajstić information content (AvgIpc) is 2.44. The topological polar surface area (TPSA) is 63.7 Å². The van der Waals surface area contributed by atoms with Crippen LogP contribution in [0.1, 0.15) is 17.5 Å². The highest BCUT2D eigenvalue weighted by Crippen LogP contribution is 2.22. The van der Waals surface area contributed by atoms with Gasteiger partial charge in [0.15, 0.2) is 0 Å². The van der Waals surface area contributed by atoms with Crippen molar-refractivity contribution in [2.75, 3.05) is 12.9 Å². The number of hydrogen-bond donors (Lipinski definition) is 0. The summed E-state index contributed by atoms with van der Waals surface area (Å²) >= 11 is 1.15. The molecule has 0 aliphatic carbocycles. The van der Waals surface area contributed by atoms with Crippen molar-refractivity contribution in [2.24, 2.45) is 0 Å². The minimum absolute atomic E-state index is 0.135. The van der Waals surface area contributed by atoms with E-state index in [1.807, 2.05) is 18.2 Å². The number of carbonyl (C=O) groups is 3. The fraction of sp³-hybridized carbons (Fsp3) is 0.357. The first kappa shape index (κ1) is 14.6. The highest BCUT2D eigenvalue weighted by atomic mass is 32.2. The zero-order chi connectivity index (χ0) is 14.5. The standard InChI is InChI=1S/C14H15NO4S/c1-19-13(17)8-10-4-2-3-5-11(10)9-15-12(16)6-7-20-14(15)18/h2-5H,6-9H2,1H3. The summed E-state index contributed by atoms with van der Waals surface area (Å²) in [5.41, 5.74) is 1.57. The Kier molecular flexibility index (Phi) is 4.79. The molecule has 1 aliphatic rings. The van der Waals surface area contributed by atoms with E-state index in [0.717, 1.165) is 22.9 Å². The van der Waals surface area contributed by atoms with E-state index >= 15 is 0 Å². The van der Waals surface area contributed by atoms with Crippen LogP contribution >= 0.6 is 11.8 Å². The van der Waals surface area contributed by atoms with Gasteiger partial charge in [0.05, 0.1) is 20.1 Å². The van der Waals surface area contributed by atoms with E-state index < -0.39 is 0 Å². The lowest BCUT2D eigenvalue weighted by atomic mass is 10.0. The third-order valence-electron chi connectivity index (χ3n) is 3.07. The Morgan fingerprint density at radius 3 is 2.65 bits per heavy atom. The number of imide groups is 1. The fourth-order valence-electron chi connectivity index (χ4n) is 1.98. The summed E-state index contributed by atoms with van der Waals surface area (Å²) in [4.78, 5) is 36.2.